The van der Waals surface area contributed by atoms with Gasteiger partial charge >= 0.3 is 0 Å². The summed E-state index contributed by atoms with van der Waals surface area (Å²) < 4.78 is 0. The minimum atomic E-state index is 0.587. The van der Waals surface area contributed by atoms with Crippen molar-refractivity contribution in [2.75, 3.05) is 6.54 Å². The molecule has 0 bridgehead atoms. The number of aromatic amines is 1. The maximum atomic E-state index is 3.61. The summed E-state index contributed by atoms with van der Waals surface area (Å²) in [5.74, 6) is 0. The first-order chi connectivity index (χ1) is 8.92. The average Bonchev–Trinajstić information content (AvgIpc) is 3.05. The zero-order valence-electron chi connectivity index (χ0n) is 10.8. The molecular weight excluding hydrogens is 220 g/mol. The predicted molar refractivity (Wildman–Crippen MR) is 74.9 cm³/mol. The van der Waals surface area contributed by atoms with E-state index in [2.05, 4.69) is 28.5 Å². The molecule has 2 heteroatoms. The molecule has 2 N–H and O–H groups in total. The molecule has 18 heavy (non-hydrogen) atoms. The van der Waals surface area contributed by atoms with Crippen molar-refractivity contribution in [3.63, 3.8) is 0 Å². The molecule has 0 radical (unpaired) electrons. The fourth-order valence-corrected chi connectivity index (χ4v) is 3.61. The van der Waals surface area contributed by atoms with E-state index in [-0.39, 0.29) is 0 Å². The third-order valence-electron chi connectivity index (χ3n) is 4.58. The smallest absolute Gasteiger partial charge is 0.0459 e. The van der Waals surface area contributed by atoms with Crippen molar-refractivity contribution >= 4 is 10.9 Å². The number of aromatic nitrogens is 1. The van der Waals surface area contributed by atoms with Crippen LogP contribution in [0.1, 0.15) is 48.5 Å². The summed E-state index contributed by atoms with van der Waals surface area (Å²) in [4.78, 5) is 3.61. The highest BCUT2D eigenvalue weighted by molar-refractivity contribution is 5.85. The number of nitrogens with one attached hydrogen (secondary N) is 2. The fourth-order valence-electron chi connectivity index (χ4n) is 3.61. The maximum absolute atomic E-state index is 3.61. The van der Waals surface area contributed by atoms with Gasteiger partial charge in [0.2, 0.25) is 0 Å². The summed E-state index contributed by atoms with van der Waals surface area (Å²) in [5, 5.41) is 5.08. The molecule has 0 spiro atoms. The van der Waals surface area contributed by atoms with Crippen molar-refractivity contribution in [1.82, 2.24) is 10.3 Å². The Labute approximate surface area is 108 Å². The number of hydrogen-bond acceptors (Lipinski definition) is 1. The van der Waals surface area contributed by atoms with Gasteiger partial charge in [0.05, 0.1) is 0 Å². The molecule has 4 rings (SSSR count). The molecule has 1 atom stereocenters. The molecule has 1 aliphatic carbocycles. The van der Waals surface area contributed by atoms with Gasteiger partial charge in [0.25, 0.3) is 0 Å². The summed E-state index contributed by atoms with van der Waals surface area (Å²) in [6.45, 7) is 1.17. The summed E-state index contributed by atoms with van der Waals surface area (Å²) in [7, 11) is 0. The van der Waals surface area contributed by atoms with Crippen molar-refractivity contribution in [2.24, 2.45) is 0 Å². The first kappa shape index (κ1) is 10.6. The Morgan fingerprint density at radius 3 is 2.89 bits per heavy atom. The molecule has 1 aliphatic heterocycles. The van der Waals surface area contributed by atoms with Crippen LogP contribution in [0, 0.1) is 0 Å². The van der Waals surface area contributed by atoms with Gasteiger partial charge in [0.15, 0.2) is 0 Å². The molecule has 1 fully saturated rings. The van der Waals surface area contributed by atoms with Crippen molar-refractivity contribution in [1.29, 1.82) is 0 Å². The van der Waals surface area contributed by atoms with Crippen LogP contribution in [0.2, 0.25) is 0 Å². The minimum absolute atomic E-state index is 0.587. The lowest BCUT2D eigenvalue weighted by Crippen LogP contribution is -2.12. The van der Waals surface area contributed by atoms with Crippen molar-refractivity contribution < 1.29 is 0 Å². The van der Waals surface area contributed by atoms with Gasteiger partial charge in [-0.25, -0.2) is 0 Å². The molecule has 1 saturated heterocycles. The van der Waals surface area contributed by atoms with Crippen molar-refractivity contribution in [2.45, 2.75) is 44.6 Å². The van der Waals surface area contributed by atoms with Gasteiger partial charge in [-0.2, -0.15) is 0 Å². The quantitative estimate of drug-likeness (QED) is 0.785. The largest absolute Gasteiger partial charge is 0.358 e. The summed E-state index contributed by atoms with van der Waals surface area (Å²) in [5.41, 5.74) is 5.90. The van der Waals surface area contributed by atoms with E-state index in [0.29, 0.717) is 6.04 Å². The number of hydrogen-bond donors (Lipinski definition) is 2. The van der Waals surface area contributed by atoms with Crippen LogP contribution in [0.4, 0.5) is 0 Å². The highest BCUT2D eigenvalue weighted by atomic mass is 14.9. The lowest BCUT2D eigenvalue weighted by Gasteiger charge is -2.12. The molecule has 0 saturated carbocycles. The lowest BCUT2D eigenvalue weighted by atomic mass is 9.94. The number of aryl methyl sites for hydroxylation is 2. The Balaban J connectivity index is 1.83. The van der Waals surface area contributed by atoms with Crippen LogP contribution in [0.5, 0.6) is 0 Å². The van der Waals surface area contributed by atoms with E-state index in [9.17, 15) is 0 Å². The summed E-state index contributed by atoms with van der Waals surface area (Å²) >= 11 is 0. The van der Waals surface area contributed by atoms with E-state index in [1.54, 1.807) is 5.56 Å². The molecular formula is C16H20N2. The Morgan fingerprint density at radius 2 is 2.00 bits per heavy atom. The second-order valence-corrected chi connectivity index (χ2v) is 5.74. The zero-order valence-corrected chi connectivity index (χ0v) is 10.8. The number of rotatable bonds is 1. The first-order valence-corrected chi connectivity index (χ1v) is 7.28. The van der Waals surface area contributed by atoms with E-state index in [4.69, 9.17) is 0 Å². The van der Waals surface area contributed by atoms with Crippen LogP contribution >= 0.6 is 0 Å². The Kier molecular flexibility index (Phi) is 2.44. The minimum Gasteiger partial charge on any atom is -0.358 e. The lowest BCUT2D eigenvalue weighted by molar-refractivity contribution is 0.648. The molecule has 94 valence electrons. The maximum Gasteiger partial charge on any atom is 0.0459 e. The predicted octanol–water partition coefficient (Wildman–Crippen LogP) is 3.47. The highest BCUT2D eigenvalue weighted by Gasteiger charge is 2.19. The van der Waals surface area contributed by atoms with Crippen LogP contribution in [-0.2, 0) is 12.8 Å². The van der Waals surface area contributed by atoms with Gasteiger partial charge in [0, 0.05) is 22.6 Å². The molecule has 2 aliphatic rings. The Hall–Kier alpha value is -1.28. The van der Waals surface area contributed by atoms with Gasteiger partial charge in [-0.05, 0) is 68.3 Å². The fraction of sp³-hybridized carbons (Fsp3) is 0.500. The molecule has 1 aromatic carbocycles. The Morgan fingerprint density at radius 1 is 1.06 bits per heavy atom. The van der Waals surface area contributed by atoms with Gasteiger partial charge in [-0.15, -0.1) is 0 Å². The monoisotopic (exact) mass is 240 g/mol. The van der Waals surface area contributed by atoms with Crippen LogP contribution in [0.25, 0.3) is 10.9 Å². The van der Waals surface area contributed by atoms with Crippen LogP contribution in [0.15, 0.2) is 18.2 Å². The van der Waals surface area contributed by atoms with Crippen molar-refractivity contribution in [3.8, 4) is 0 Å². The van der Waals surface area contributed by atoms with Gasteiger partial charge in [-0.1, -0.05) is 6.07 Å². The molecule has 0 amide bonds. The van der Waals surface area contributed by atoms with E-state index >= 15 is 0 Å². The normalized spacial score (nSPS) is 23.4. The second-order valence-electron chi connectivity index (χ2n) is 5.74. The number of benzene rings is 1. The van der Waals surface area contributed by atoms with Gasteiger partial charge < -0.3 is 10.3 Å². The van der Waals surface area contributed by atoms with Crippen LogP contribution in [0.3, 0.4) is 0 Å². The number of H-pyrrole nitrogens is 1. The standard InChI is InChI=1S/C16H20N2/c1-2-5-15-12(4-1)13-10-11(7-8-16(13)18-15)14-6-3-9-17-14/h7-8,10,14,17-18H,1-6,9H2. The first-order valence-electron chi connectivity index (χ1n) is 7.28. The zero-order chi connectivity index (χ0) is 11.9. The van der Waals surface area contributed by atoms with E-state index in [0.717, 1.165) is 0 Å². The highest BCUT2D eigenvalue weighted by Crippen LogP contribution is 2.32. The Bertz CT molecular complexity index is 576. The second kappa shape index (κ2) is 4.13. The number of fused-ring (bicyclic) bond motifs is 3. The molecule has 2 heterocycles. The van der Waals surface area contributed by atoms with Gasteiger partial charge in [-0.3, -0.25) is 0 Å². The molecule has 1 unspecified atom stereocenters. The van der Waals surface area contributed by atoms with Crippen molar-refractivity contribution in [3.05, 3.63) is 35.0 Å². The topological polar surface area (TPSA) is 27.8 Å². The van der Waals surface area contributed by atoms with Crippen LogP contribution < -0.4 is 5.32 Å². The van der Waals surface area contributed by atoms with E-state index in [1.165, 1.54) is 67.2 Å². The summed E-state index contributed by atoms with van der Waals surface area (Å²) in [6.07, 6.45) is 7.80. The van der Waals surface area contributed by atoms with Gasteiger partial charge in [0.1, 0.15) is 0 Å². The molecule has 2 aromatic rings. The van der Waals surface area contributed by atoms with E-state index < -0.39 is 0 Å². The SMILES string of the molecule is c1cc2[nH]c3c(c2cc1C1CCCN1)CCCC3. The summed E-state index contributed by atoms with van der Waals surface area (Å²) in [6, 6.07) is 7.60. The average molecular weight is 240 g/mol. The third kappa shape index (κ3) is 1.59. The van der Waals surface area contributed by atoms with E-state index in [1.807, 2.05) is 0 Å². The third-order valence-corrected chi connectivity index (χ3v) is 4.58. The molecule has 2 nitrogen and oxygen atoms in total. The van der Waals surface area contributed by atoms with Crippen LogP contribution in [-0.4, -0.2) is 11.5 Å². The molecule has 1 aromatic heterocycles.